The number of halogens is 2. The molecule has 5 nitrogen and oxygen atoms in total. The maximum atomic E-state index is 13.4. The number of anilines is 1. The van der Waals surface area contributed by atoms with Crippen LogP contribution in [0.1, 0.15) is 23.6 Å². The van der Waals surface area contributed by atoms with Gasteiger partial charge in [0.1, 0.15) is 12.4 Å². The second-order valence-corrected chi connectivity index (χ2v) is 8.62. The van der Waals surface area contributed by atoms with E-state index in [-0.39, 0.29) is 24.4 Å². The molecule has 1 amide bonds. The molecule has 0 unspecified atom stereocenters. The van der Waals surface area contributed by atoms with Gasteiger partial charge in [0.15, 0.2) is 0 Å². The number of amides is 1. The summed E-state index contributed by atoms with van der Waals surface area (Å²) in [6, 6.07) is 22.6. The Labute approximate surface area is 197 Å². The third kappa shape index (κ3) is 6.03. The normalized spacial score (nSPS) is 19.1. The molecule has 1 fully saturated rings. The Morgan fingerprint density at radius 1 is 1.09 bits per heavy atom. The van der Waals surface area contributed by atoms with E-state index in [2.05, 4.69) is 5.32 Å². The molecule has 2 N–H and O–H groups in total. The third-order valence-electron chi connectivity index (χ3n) is 5.91. The second-order valence-electron chi connectivity index (χ2n) is 8.19. The molecule has 1 aliphatic rings. The summed E-state index contributed by atoms with van der Waals surface area (Å²) < 4.78 is 18.9. The van der Waals surface area contributed by atoms with E-state index in [1.165, 1.54) is 12.1 Å². The smallest absolute Gasteiger partial charge is 0.410 e. The van der Waals surface area contributed by atoms with Gasteiger partial charge in [-0.15, -0.1) is 0 Å². The molecule has 172 valence electrons. The molecule has 0 bridgehead atoms. The van der Waals surface area contributed by atoms with Crippen molar-refractivity contribution in [3.05, 3.63) is 101 Å². The molecule has 0 aromatic heterocycles. The fourth-order valence-corrected chi connectivity index (χ4v) is 4.23. The van der Waals surface area contributed by atoms with Gasteiger partial charge in [0.25, 0.3) is 0 Å². The number of likely N-dealkylation sites (tertiary alicyclic amines) is 1. The summed E-state index contributed by atoms with van der Waals surface area (Å²) >= 11 is 6.08. The monoisotopic (exact) mass is 468 g/mol. The van der Waals surface area contributed by atoms with Crippen LogP contribution in [0.2, 0.25) is 5.02 Å². The largest absolute Gasteiger partial charge is 0.445 e. The van der Waals surface area contributed by atoms with Crippen LogP contribution in [0.3, 0.4) is 0 Å². The first kappa shape index (κ1) is 23.1. The summed E-state index contributed by atoms with van der Waals surface area (Å²) in [5.74, 6) is -0.636. The van der Waals surface area contributed by atoms with E-state index in [9.17, 15) is 14.3 Å². The fourth-order valence-electron chi connectivity index (χ4n) is 4.11. The highest BCUT2D eigenvalue weighted by Gasteiger charge is 2.37. The van der Waals surface area contributed by atoms with Crippen molar-refractivity contribution < 1.29 is 19.0 Å². The molecule has 4 rings (SSSR count). The molecule has 7 heteroatoms. The molecule has 3 aromatic rings. The average molecular weight is 469 g/mol. The van der Waals surface area contributed by atoms with E-state index in [1.807, 2.05) is 42.5 Å². The van der Waals surface area contributed by atoms with Gasteiger partial charge in [0.2, 0.25) is 0 Å². The molecule has 0 aliphatic carbocycles. The van der Waals surface area contributed by atoms with E-state index in [1.54, 1.807) is 29.2 Å². The number of hydrogen-bond donors (Lipinski definition) is 2. The lowest BCUT2D eigenvalue weighted by atomic mass is 9.84. The molecule has 33 heavy (non-hydrogen) atoms. The van der Waals surface area contributed by atoms with E-state index in [4.69, 9.17) is 16.3 Å². The third-order valence-corrected chi connectivity index (χ3v) is 6.16. The topological polar surface area (TPSA) is 61.8 Å². The minimum atomic E-state index is -0.628. The number of aliphatic hydroxyl groups is 1. The van der Waals surface area contributed by atoms with Crippen LogP contribution < -0.4 is 5.32 Å². The molecule has 0 spiro atoms. The number of ether oxygens (including phenoxy) is 1. The van der Waals surface area contributed by atoms with Crippen molar-refractivity contribution in [3.8, 4) is 0 Å². The molecular formula is C26H26ClFN2O3. The number of benzene rings is 3. The Hall–Kier alpha value is -3.09. The molecule has 3 aromatic carbocycles. The molecule has 1 heterocycles. The maximum Gasteiger partial charge on any atom is 0.410 e. The van der Waals surface area contributed by atoms with Crippen molar-refractivity contribution in [1.82, 2.24) is 4.90 Å². The van der Waals surface area contributed by atoms with Gasteiger partial charge in [-0.3, -0.25) is 0 Å². The first-order valence-corrected chi connectivity index (χ1v) is 11.3. The van der Waals surface area contributed by atoms with Gasteiger partial charge in [0.05, 0.1) is 12.1 Å². The standard InChI is InChI=1S/C26H26ClFN2O3/c27-20-8-6-19(7-9-20)25(29-22-12-10-21(28)11-13-22)23-16-30(15-14-24(23)31)26(32)33-17-18-4-2-1-3-5-18/h1-13,23-25,29,31H,14-17H2/t23-,24-,25-/m1/s1. The van der Waals surface area contributed by atoms with Crippen molar-refractivity contribution in [1.29, 1.82) is 0 Å². The number of carbonyl (C=O) groups is 1. The number of rotatable bonds is 6. The number of piperidine rings is 1. The highest BCUT2D eigenvalue weighted by molar-refractivity contribution is 6.30. The van der Waals surface area contributed by atoms with Crippen LogP contribution in [-0.2, 0) is 11.3 Å². The molecule has 0 saturated carbocycles. The summed E-state index contributed by atoms with van der Waals surface area (Å²) in [4.78, 5) is 14.4. The summed E-state index contributed by atoms with van der Waals surface area (Å²) in [7, 11) is 0. The lowest BCUT2D eigenvalue weighted by Crippen LogP contribution is -2.49. The van der Waals surface area contributed by atoms with Gasteiger partial charge in [-0.05, 0) is 53.9 Å². The van der Waals surface area contributed by atoms with Gasteiger partial charge in [0, 0.05) is 29.7 Å². The molecule has 1 saturated heterocycles. The Balaban J connectivity index is 1.52. The van der Waals surface area contributed by atoms with Gasteiger partial charge in [-0.25, -0.2) is 9.18 Å². The van der Waals surface area contributed by atoms with Crippen LogP contribution in [0.4, 0.5) is 14.9 Å². The molecular weight excluding hydrogens is 443 g/mol. The minimum absolute atomic E-state index is 0.192. The highest BCUT2D eigenvalue weighted by atomic mass is 35.5. The van der Waals surface area contributed by atoms with Crippen LogP contribution in [0.5, 0.6) is 0 Å². The fraction of sp³-hybridized carbons (Fsp3) is 0.269. The Morgan fingerprint density at radius 2 is 1.79 bits per heavy atom. The number of aliphatic hydroxyl groups excluding tert-OH is 1. The highest BCUT2D eigenvalue weighted by Crippen LogP contribution is 2.34. The number of carbonyl (C=O) groups excluding carboxylic acids is 1. The van der Waals surface area contributed by atoms with E-state index in [0.29, 0.717) is 30.2 Å². The number of nitrogens with zero attached hydrogens (tertiary/aromatic N) is 1. The van der Waals surface area contributed by atoms with Crippen molar-refractivity contribution >= 4 is 23.4 Å². The van der Waals surface area contributed by atoms with E-state index >= 15 is 0 Å². The Morgan fingerprint density at radius 3 is 2.48 bits per heavy atom. The summed E-state index contributed by atoms with van der Waals surface area (Å²) in [6.07, 6.45) is -0.607. The van der Waals surface area contributed by atoms with E-state index in [0.717, 1.165) is 11.1 Å². The predicted octanol–water partition coefficient (Wildman–Crippen LogP) is 5.65. The SMILES string of the molecule is O=C(OCc1ccccc1)N1CC[C@@H](O)[C@H]([C@H](Nc2ccc(F)cc2)c2ccc(Cl)cc2)C1. The van der Waals surface area contributed by atoms with Crippen molar-refractivity contribution in [2.24, 2.45) is 5.92 Å². The lowest BCUT2D eigenvalue weighted by Gasteiger charge is -2.40. The summed E-state index contributed by atoms with van der Waals surface area (Å²) in [5.41, 5.74) is 2.54. The van der Waals surface area contributed by atoms with Gasteiger partial charge >= 0.3 is 6.09 Å². The maximum absolute atomic E-state index is 13.4. The number of hydrogen-bond acceptors (Lipinski definition) is 4. The van der Waals surface area contributed by atoms with Gasteiger partial charge in [-0.2, -0.15) is 0 Å². The second kappa shape index (κ2) is 10.7. The number of nitrogens with one attached hydrogen (secondary N) is 1. The first-order valence-electron chi connectivity index (χ1n) is 10.9. The van der Waals surface area contributed by atoms with Crippen LogP contribution in [0.15, 0.2) is 78.9 Å². The van der Waals surface area contributed by atoms with Crippen molar-refractivity contribution in [2.45, 2.75) is 25.2 Å². The zero-order chi connectivity index (χ0) is 23.2. The summed E-state index contributed by atoms with van der Waals surface area (Å²) in [5, 5.41) is 14.9. The zero-order valence-corrected chi connectivity index (χ0v) is 18.8. The van der Waals surface area contributed by atoms with Crippen LogP contribution in [0, 0.1) is 11.7 Å². The van der Waals surface area contributed by atoms with Gasteiger partial charge < -0.3 is 20.1 Å². The average Bonchev–Trinajstić information content (AvgIpc) is 2.84. The first-order chi connectivity index (χ1) is 16.0. The van der Waals surface area contributed by atoms with Crippen LogP contribution in [0.25, 0.3) is 0 Å². The van der Waals surface area contributed by atoms with Crippen molar-refractivity contribution in [2.75, 3.05) is 18.4 Å². The lowest BCUT2D eigenvalue weighted by molar-refractivity contribution is 0.0117. The van der Waals surface area contributed by atoms with E-state index < -0.39 is 12.2 Å². The molecule has 1 aliphatic heterocycles. The van der Waals surface area contributed by atoms with Gasteiger partial charge in [-0.1, -0.05) is 54.1 Å². The Kier molecular flexibility index (Phi) is 7.47. The Bertz CT molecular complexity index is 1050. The predicted molar refractivity (Wildman–Crippen MR) is 127 cm³/mol. The van der Waals surface area contributed by atoms with Crippen LogP contribution >= 0.6 is 11.6 Å². The van der Waals surface area contributed by atoms with Crippen molar-refractivity contribution in [3.63, 3.8) is 0 Å². The quantitative estimate of drug-likeness (QED) is 0.490. The zero-order valence-electron chi connectivity index (χ0n) is 18.0. The molecule has 3 atom stereocenters. The molecule has 0 radical (unpaired) electrons. The summed E-state index contributed by atoms with van der Waals surface area (Å²) in [6.45, 7) is 0.920. The minimum Gasteiger partial charge on any atom is -0.445 e. The van der Waals surface area contributed by atoms with Crippen LogP contribution in [-0.4, -0.2) is 35.3 Å².